The molecule has 0 saturated heterocycles. The van der Waals surface area contributed by atoms with Crippen LogP contribution in [0.1, 0.15) is 17.1 Å². The number of ether oxygens (including phenoxy) is 1. The summed E-state index contributed by atoms with van der Waals surface area (Å²) in [6.07, 6.45) is -4.41. The van der Waals surface area contributed by atoms with Gasteiger partial charge in [0.15, 0.2) is 5.16 Å². The number of nitrogens with one attached hydrogen (secondary N) is 3. The number of thioether (sulfide) groups is 1. The van der Waals surface area contributed by atoms with E-state index in [1.807, 2.05) is 0 Å². The zero-order valence-corrected chi connectivity index (χ0v) is 19.9. The number of carbonyl (C=O) groups excluding carboxylic acids is 1. The smallest absolute Gasteiger partial charge is 0.416 e. The van der Waals surface area contributed by atoms with Crippen LogP contribution in [0.5, 0.6) is 5.75 Å². The molecular weight excluding hydrogens is 513 g/mol. The van der Waals surface area contributed by atoms with Crippen molar-refractivity contribution in [3.8, 4) is 11.4 Å². The van der Waals surface area contributed by atoms with Crippen molar-refractivity contribution in [1.82, 2.24) is 24.7 Å². The maximum atomic E-state index is 12.7. The molecule has 192 valence electrons. The standard InChI is InChI=1S/C23H19F3N6O4S/c1-36-17-4-2-3-16(11-17)32-18(9-15-10-19(33)29-21(35)28-15)30-31-22(32)37-12-20(34)27-14-7-5-13(6-8-14)23(24,25)26/h2-8,10-11H,9,12H2,1H3,(H,27,34)(H2,28,29,33,35). The Bertz CT molecular complexity index is 1500. The third-order valence-electron chi connectivity index (χ3n) is 5.00. The normalized spacial score (nSPS) is 11.4. The van der Waals surface area contributed by atoms with Crippen LogP contribution < -0.4 is 21.3 Å². The zero-order chi connectivity index (χ0) is 26.6. The van der Waals surface area contributed by atoms with Gasteiger partial charge < -0.3 is 15.0 Å². The lowest BCUT2D eigenvalue weighted by atomic mass is 10.2. The van der Waals surface area contributed by atoms with Crippen LogP contribution in [-0.4, -0.2) is 43.5 Å². The molecule has 1 amide bonds. The fraction of sp³-hybridized carbons (Fsp3) is 0.174. The summed E-state index contributed by atoms with van der Waals surface area (Å²) in [4.78, 5) is 40.5. The first-order valence-corrected chi connectivity index (χ1v) is 11.6. The SMILES string of the molecule is COc1cccc(-n2c(Cc3cc(=O)[nH]c(=O)[nH]3)nnc2SCC(=O)Nc2ccc(C(F)(F)F)cc2)c1. The second-order valence-electron chi connectivity index (χ2n) is 7.64. The Hall–Kier alpha value is -4.33. The molecule has 0 aliphatic rings. The topological polar surface area (TPSA) is 135 Å². The van der Waals surface area contributed by atoms with E-state index in [0.717, 1.165) is 23.9 Å². The molecule has 37 heavy (non-hydrogen) atoms. The van der Waals surface area contributed by atoms with E-state index < -0.39 is 28.9 Å². The Morgan fingerprint density at radius 3 is 2.51 bits per heavy atom. The average molecular weight is 533 g/mol. The van der Waals surface area contributed by atoms with Gasteiger partial charge in [0.1, 0.15) is 11.6 Å². The number of hydrogen-bond donors (Lipinski definition) is 3. The minimum absolute atomic E-state index is 0.0572. The van der Waals surface area contributed by atoms with Crippen LogP contribution in [0.3, 0.4) is 0 Å². The van der Waals surface area contributed by atoms with Gasteiger partial charge in [0, 0.05) is 29.9 Å². The molecule has 2 heterocycles. The molecule has 0 aliphatic carbocycles. The van der Waals surface area contributed by atoms with E-state index in [0.29, 0.717) is 28.1 Å². The van der Waals surface area contributed by atoms with Gasteiger partial charge in [0.2, 0.25) is 5.91 Å². The Labute approximate surface area is 210 Å². The number of rotatable bonds is 8. The van der Waals surface area contributed by atoms with E-state index in [-0.39, 0.29) is 17.9 Å². The highest BCUT2D eigenvalue weighted by Gasteiger charge is 2.30. The highest BCUT2D eigenvalue weighted by Crippen LogP contribution is 2.30. The molecular formula is C23H19F3N6O4S. The molecule has 4 aromatic rings. The van der Waals surface area contributed by atoms with Crippen LogP contribution in [0.15, 0.2) is 69.3 Å². The number of benzene rings is 2. The molecule has 0 fully saturated rings. The van der Waals surface area contributed by atoms with Crippen molar-refractivity contribution < 1.29 is 22.7 Å². The van der Waals surface area contributed by atoms with E-state index in [9.17, 15) is 27.6 Å². The van der Waals surface area contributed by atoms with E-state index in [1.165, 1.54) is 25.3 Å². The van der Waals surface area contributed by atoms with Gasteiger partial charge in [-0.05, 0) is 36.4 Å². The van der Waals surface area contributed by atoms with Crippen LogP contribution in [-0.2, 0) is 17.4 Å². The van der Waals surface area contributed by atoms with Crippen LogP contribution in [0.4, 0.5) is 18.9 Å². The largest absolute Gasteiger partial charge is 0.497 e. The minimum Gasteiger partial charge on any atom is -0.497 e. The number of methoxy groups -OCH3 is 1. The fourth-order valence-electron chi connectivity index (χ4n) is 3.37. The number of aromatic amines is 2. The van der Waals surface area contributed by atoms with Gasteiger partial charge in [0.25, 0.3) is 5.56 Å². The number of hydrogen-bond acceptors (Lipinski definition) is 7. The quantitative estimate of drug-likeness (QED) is 0.297. The van der Waals surface area contributed by atoms with Gasteiger partial charge >= 0.3 is 11.9 Å². The summed E-state index contributed by atoms with van der Waals surface area (Å²) in [7, 11) is 1.51. The molecule has 2 aromatic heterocycles. The lowest BCUT2D eigenvalue weighted by Gasteiger charge is -2.12. The molecule has 0 unspecified atom stereocenters. The first-order valence-electron chi connectivity index (χ1n) is 10.6. The second kappa shape index (κ2) is 10.7. The van der Waals surface area contributed by atoms with Gasteiger partial charge in [0.05, 0.1) is 24.1 Å². The van der Waals surface area contributed by atoms with Gasteiger partial charge in [-0.15, -0.1) is 10.2 Å². The Kier molecular flexibility index (Phi) is 7.47. The van der Waals surface area contributed by atoms with Gasteiger partial charge in [-0.1, -0.05) is 17.8 Å². The Morgan fingerprint density at radius 1 is 1.08 bits per heavy atom. The lowest BCUT2D eigenvalue weighted by molar-refractivity contribution is -0.137. The van der Waals surface area contributed by atoms with Crippen molar-refractivity contribution in [3.05, 3.63) is 92.5 Å². The summed E-state index contributed by atoms with van der Waals surface area (Å²) < 4.78 is 45.2. The van der Waals surface area contributed by atoms with Crippen LogP contribution in [0, 0.1) is 0 Å². The molecule has 14 heteroatoms. The number of carbonyl (C=O) groups is 1. The van der Waals surface area contributed by atoms with Crippen LogP contribution in [0.2, 0.25) is 0 Å². The number of aromatic nitrogens is 5. The van der Waals surface area contributed by atoms with Crippen molar-refractivity contribution in [2.45, 2.75) is 17.8 Å². The molecule has 0 radical (unpaired) electrons. The average Bonchev–Trinajstić information content (AvgIpc) is 3.24. The highest BCUT2D eigenvalue weighted by atomic mass is 32.2. The van der Waals surface area contributed by atoms with Crippen molar-refractivity contribution in [2.75, 3.05) is 18.2 Å². The van der Waals surface area contributed by atoms with E-state index in [2.05, 4.69) is 25.5 Å². The predicted octanol–water partition coefficient (Wildman–Crippen LogP) is 2.99. The number of nitrogens with zero attached hydrogens (tertiary/aromatic N) is 3. The molecule has 0 bridgehead atoms. The molecule has 10 nitrogen and oxygen atoms in total. The Morgan fingerprint density at radius 2 is 1.84 bits per heavy atom. The lowest BCUT2D eigenvalue weighted by Crippen LogP contribution is -2.23. The van der Waals surface area contributed by atoms with Crippen molar-refractivity contribution >= 4 is 23.4 Å². The maximum absolute atomic E-state index is 12.7. The molecule has 0 aliphatic heterocycles. The van der Waals surface area contributed by atoms with Crippen LogP contribution >= 0.6 is 11.8 Å². The third kappa shape index (κ3) is 6.46. The number of halogens is 3. The molecule has 3 N–H and O–H groups in total. The highest BCUT2D eigenvalue weighted by molar-refractivity contribution is 7.99. The van der Waals surface area contributed by atoms with E-state index in [1.54, 1.807) is 28.8 Å². The van der Waals surface area contributed by atoms with E-state index >= 15 is 0 Å². The fourth-order valence-corrected chi connectivity index (χ4v) is 4.14. The maximum Gasteiger partial charge on any atom is 0.416 e. The summed E-state index contributed by atoms with van der Waals surface area (Å²) in [5.41, 5.74) is -0.920. The second-order valence-corrected chi connectivity index (χ2v) is 8.58. The summed E-state index contributed by atoms with van der Waals surface area (Å²) in [5.74, 6) is 0.341. The van der Waals surface area contributed by atoms with Crippen molar-refractivity contribution in [3.63, 3.8) is 0 Å². The number of anilines is 1. The number of H-pyrrole nitrogens is 2. The first-order chi connectivity index (χ1) is 17.6. The van der Waals surface area contributed by atoms with Gasteiger partial charge in [-0.2, -0.15) is 13.2 Å². The molecule has 4 rings (SSSR count). The summed E-state index contributed by atoms with van der Waals surface area (Å²) in [6, 6.07) is 12.3. The molecule has 0 saturated carbocycles. The molecule has 0 spiro atoms. The first kappa shape index (κ1) is 25.8. The molecule has 2 aromatic carbocycles. The van der Waals surface area contributed by atoms with Crippen molar-refractivity contribution in [1.29, 1.82) is 0 Å². The van der Waals surface area contributed by atoms with E-state index in [4.69, 9.17) is 4.74 Å². The summed E-state index contributed by atoms with van der Waals surface area (Å²) in [6.45, 7) is 0. The minimum atomic E-state index is -4.47. The third-order valence-corrected chi connectivity index (χ3v) is 5.93. The summed E-state index contributed by atoms with van der Waals surface area (Å²) >= 11 is 1.04. The monoisotopic (exact) mass is 532 g/mol. The van der Waals surface area contributed by atoms with Gasteiger partial charge in [-0.3, -0.25) is 19.1 Å². The number of alkyl halides is 3. The van der Waals surface area contributed by atoms with Gasteiger partial charge in [-0.25, -0.2) is 4.79 Å². The zero-order valence-electron chi connectivity index (χ0n) is 19.1. The van der Waals surface area contributed by atoms with Crippen molar-refractivity contribution in [2.24, 2.45) is 0 Å². The Balaban J connectivity index is 1.56. The molecule has 0 atom stereocenters. The number of amides is 1. The van der Waals surface area contributed by atoms with Crippen LogP contribution in [0.25, 0.3) is 5.69 Å². The summed E-state index contributed by atoms with van der Waals surface area (Å²) in [5, 5.41) is 11.2. The predicted molar refractivity (Wildman–Crippen MR) is 129 cm³/mol.